The Balaban J connectivity index is 2.98. The second-order valence-corrected chi connectivity index (χ2v) is 4.08. The number of hydrogen-bond acceptors (Lipinski definition) is 5. The van der Waals surface area contributed by atoms with Crippen molar-refractivity contribution in [3.05, 3.63) is 18.1 Å². The van der Waals surface area contributed by atoms with Crippen LogP contribution in [0.2, 0.25) is 0 Å². The largest absolute Gasteiger partial charge is 0.409 e. The maximum Gasteiger partial charge on any atom is 0.405 e. The Labute approximate surface area is 107 Å². The van der Waals surface area contributed by atoms with E-state index in [4.69, 9.17) is 10.9 Å². The van der Waals surface area contributed by atoms with E-state index in [-0.39, 0.29) is 17.3 Å². The number of nitrogens with two attached hydrogens (primary N) is 1. The predicted molar refractivity (Wildman–Crippen MR) is 63.1 cm³/mol. The highest BCUT2D eigenvalue weighted by molar-refractivity contribution is 5.94. The van der Waals surface area contributed by atoms with E-state index in [2.05, 4.69) is 15.1 Å². The lowest BCUT2D eigenvalue weighted by Gasteiger charge is -2.28. The molecule has 0 atom stereocenters. The summed E-state index contributed by atoms with van der Waals surface area (Å²) < 4.78 is 37.4. The van der Waals surface area contributed by atoms with Gasteiger partial charge < -0.3 is 15.8 Å². The molecule has 6 nitrogen and oxygen atoms in total. The van der Waals surface area contributed by atoms with Crippen molar-refractivity contribution < 1.29 is 18.4 Å². The molecule has 0 aliphatic carbocycles. The van der Waals surface area contributed by atoms with Gasteiger partial charge in [-0.15, -0.1) is 0 Å². The first-order valence-electron chi connectivity index (χ1n) is 5.38. The number of hydrogen-bond donors (Lipinski definition) is 2. The number of aromatic nitrogens is 2. The third kappa shape index (κ3) is 4.27. The van der Waals surface area contributed by atoms with Crippen LogP contribution in [0.4, 0.5) is 19.0 Å². The molecule has 0 radical (unpaired) electrons. The quantitative estimate of drug-likeness (QED) is 0.375. The van der Waals surface area contributed by atoms with Gasteiger partial charge in [0.1, 0.15) is 18.1 Å². The van der Waals surface area contributed by atoms with Gasteiger partial charge >= 0.3 is 6.18 Å². The van der Waals surface area contributed by atoms with Crippen LogP contribution < -0.4 is 10.6 Å². The molecule has 1 heterocycles. The molecule has 1 aromatic rings. The molecule has 0 spiro atoms. The average molecular weight is 277 g/mol. The van der Waals surface area contributed by atoms with Crippen LogP contribution in [-0.4, -0.2) is 39.8 Å². The average Bonchev–Trinajstić information content (AvgIpc) is 2.34. The summed E-state index contributed by atoms with van der Waals surface area (Å²) in [6.45, 7) is 2.11. The second-order valence-electron chi connectivity index (χ2n) is 4.08. The number of oxime groups is 1. The minimum absolute atomic E-state index is 0.0711. The zero-order valence-corrected chi connectivity index (χ0v) is 10.4. The summed E-state index contributed by atoms with van der Waals surface area (Å²) in [5.41, 5.74) is 5.37. The highest BCUT2D eigenvalue weighted by atomic mass is 19.4. The SMILES string of the molecule is CC(C)N(CC(F)(F)F)c1cnc(C(N)=NO)cn1. The third-order valence-corrected chi connectivity index (χ3v) is 2.28. The topological polar surface area (TPSA) is 87.6 Å². The van der Waals surface area contributed by atoms with Crippen molar-refractivity contribution in [1.29, 1.82) is 0 Å². The van der Waals surface area contributed by atoms with Gasteiger partial charge in [-0.2, -0.15) is 13.2 Å². The van der Waals surface area contributed by atoms with E-state index in [0.29, 0.717) is 0 Å². The van der Waals surface area contributed by atoms with Crippen LogP contribution >= 0.6 is 0 Å². The smallest absolute Gasteiger partial charge is 0.405 e. The lowest BCUT2D eigenvalue weighted by Crippen LogP contribution is -2.39. The van der Waals surface area contributed by atoms with Crippen molar-refractivity contribution >= 4 is 11.7 Å². The molecular weight excluding hydrogens is 263 g/mol. The van der Waals surface area contributed by atoms with Crippen molar-refractivity contribution in [3.8, 4) is 0 Å². The molecule has 0 aromatic carbocycles. The Hall–Kier alpha value is -2.06. The molecule has 1 rings (SSSR count). The van der Waals surface area contributed by atoms with Gasteiger partial charge in [0.25, 0.3) is 0 Å². The summed E-state index contributed by atoms with van der Waals surface area (Å²) in [7, 11) is 0. The minimum atomic E-state index is -4.34. The van der Waals surface area contributed by atoms with Gasteiger partial charge in [0.15, 0.2) is 5.84 Å². The summed E-state index contributed by atoms with van der Waals surface area (Å²) in [6.07, 6.45) is -2.04. The molecule has 0 unspecified atom stereocenters. The summed E-state index contributed by atoms with van der Waals surface area (Å²) >= 11 is 0. The van der Waals surface area contributed by atoms with Crippen molar-refractivity contribution in [2.75, 3.05) is 11.4 Å². The van der Waals surface area contributed by atoms with E-state index < -0.39 is 18.8 Å². The number of amidine groups is 1. The van der Waals surface area contributed by atoms with Crippen LogP contribution in [0.25, 0.3) is 0 Å². The Morgan fingerprint density at radius 1 is 1.42 bits per heavy atom. The van der Waals surface area contributed by atoms with E-state index in [9.17, 15) is 13.2 Å². The normalized spacial score (nSPS) is 12.8. The maximum absolute atomic E-state index is 12.5. The molecule has 0 amide bonds. The maximum atomic E-state index is 12.5. The summed E-state index contributed by atoms with van der Waals surface area (Å²) in [6, 6.07) is -0.398. The fourth-order valence-corrected chi connectivity index (χ4v) is 1.37. The fourth-order valence-electron chi connectivity index (χ4n) is 1.37. The Morgan fingerprint density at radius 3 is 2.42 bits per heavy atom. The van der Waals surface area contributed by atoms with Crippen molar-refractivity contribution in [3.63, 3.8) is 0 Å². The second kappa shape index (κ2) is 5.72. The number of nitrogens with zero attached hydrogens (tertiary/aromatic N) is 4. The number of halogens is 3. The summed E-state index contributed by atoms with van der Waals surface area (Å²) in [5, 5.41) is 11.2. The van der Waals surface area contributed by atoms with E-state index in [1.54, 1.807) is 13.8 Å². The first kappa shape index (κ1) is 15.0. The molecule has 9 heteroatoms. The predicted octanol–water partition coefficient (Wildman–Crippen LogP) is 1.35. The summed E-state index contributed by atoms with van der Waals surface area (Å²) in [4.78, 5) is 8.70. The van der Waals surface area contributed by atoms with Crippen molar-refractivity contribution in [1.82, 2.24) is 9.97 Å². The Bertz CT molecular complexity index is 443. The van der Waals surface area contributed by atoms with Gasteiger partial charge in [0.05, 0.1) is 12.4 Å². The van der Waals surface area contributed by atoms with Gasteiger partial charge in [0, 0.05) is 6.04 Å². The van der Waals surface area contributed by atoms with E-state index in [1.165, 1.54) is 0 Å². The van der Waals surface area contributed by atoms with E-state index in [0.717, 1.165) is 17.3 Å². The van der Waals surface area contributed by atoms with Gasteiger partial charge in [-0.1, -0.05) is 5.16 Å². The van der Waals surface area contributed by atoms with E-state index >= 15 is 0 Å². The van der Waals surface area contributed by atoms with Crippen LogP contribution in [0.5, 0.6) is 0 Å². The van der Waals surface area contributed by atoms with Crippen molar-refractivity contribution in [2.45, 2.75) is 26.1 Å². The molecule has 0 aliphatic heterocycles. The lowest BCUT2D eigenvalue weighted by molar-refractivity contribution is -0.120. The fraction of sp³-hybridized carbons (Fsp3) is 0.500. The van der Waals surface area contributed by atoms with Gasteiger partial charge in [-0.05, 0) is 13.8 Å². The molecule has 19 heavy (non-hydrogen) atoms. The van der Waals surface area contributed by atoms with Gasteiger partial charge in [-0.25, -0.2) is 9.97 Å². The van der Waals surface area contributed by atoms with E-state index in [1.807, 2.05) is 0 Å². The summed E-state index contributed by atoms with van der Waals surface area (Å²) in [5.74, 6) is -0.187. The molecule has 0 saturated heterocycles. The van der Waals surface area contributed by atoms with Crippen LogP contribution in [0.15, 0.2) is 17.5 Å². The van der Waals surface area contributed by atoms with Crippen LogP contribution in [0, 0.1) is 0 Å². The minimum Gasteiger partial charge on any atom is -0.409 e. The molecule has 0 fully saturated rings. The zero-order valence-electron chi connectivity index (χ0n) is 10.4. The first-order chi connectivity index (χ1) is 8.74. The van der Waals surface area contributed by atoms with Gasteiger partial charge in [-0.3, -0.25) is 0 Å². The Kier molecular flexibility index (Phi) is 4.52. The van der Waals surface area contributed by atoms with Gasteiger partial charge in [0.2, 0.25) is 0 Å². The first-order valence-corrected chi connectivity index (χ1v) is 5.38. The molecular formula is C10H14F3N5O. The number of anilines is 1. The lowest BCUT2D eigenvalue weighted by atomic mass is 10.3. The number of alkyl halides is 3. The van der Waals surface area contributed by atoms with Crippen LogP contribution in [0.1, 0.15) is 19.5 Å². The molecule has 0 bridgehead atoms. The monoisotopic (exact) mass is 277 g/mol. The van der Waals surface area contributed by atoms with Crippen molar-refractivity contribution in [2.24, 2.45) is 10.9 Å². The molecule has 1 aromatic heterocycles. The third-order valence-electron chi connectivity index (χ3n) is 2.28. The molecule has 3 N–H and O–H groups in total. The molecule has 0 aliphatic rings. The zero-order chi connectivity index (χ0) is 14.6. The highest BCUT2D eigenvalue weighted by Gasteiger charge is 2.32. The standard InChI is InChI=1S/C10H14F3N5O/c1-6(2)18(5-10(11,12)13)8-4-15-7(3-16-8)9(14)17-19/h3-4,6,19H,5H2,1-2H3,(H2,14,17). The highest BCUT2D eigenvalue weighted by Crippen LogP contribution is 2.22. The van der Waals surface area contributed by atoms with Crippen LogP contribution in [-0.2, 0) is 0 Å². The van der Waals surface area contributed by atoms with Crippen LogP contribution in [0.3, 0.4) is 0 Å². The molecule has 106 valence electrons. The molecule has 0 saturated carbocycles. The Morgan fingerprint density at radius 2 is 2.05 bits per heavy atom. The number of rotatable bonds is 4.